The maximum atomic E-state index is 13.0. The number of rotatable bonds is 33. The first kappa shape index (κ1) is 50.6. The highest BCUT2D eigenvalue weighted by atomic mass is 16.7. The number of benzene rings is 2. The number of ketones is 1. The standard InChI is InChI=1S/C47H75NO11/c1-2-3-4-5-6-7-8-9-10-11-14-20-28-39(50)43(53)38(34-58-47-46(56)45(55)44(54)40(32-49)59-47)48-41(51)29-21-15-12-13-16-22-30-57-33-35-24-23-27-37(31-35)42(52)36-25-18-17-19-26-36/h17-19,23-27,31,38-40,43-47,49-50,53-56H,2-16,20-22,28-30,32-34H2,1H3,(H,48,51)/t38-,39+,40?,43-,44?,45?,46?,47?/m0/s1. The van der Waals surface area contributed by atoms with Gasteiger partial charge in [-0.1, -0.05) is 158 Å². The van der Waals surface area contributed by atoms with Crippen molar-refractivity contribution in [2.75, 3.05) is 19.8 Å². The minimum absolute atomic E-state index is 0.0118. The van der Waals surface area contributed by atoms with E-state index in [0.29, 0.717) is 37.2 Å². The van der Waals surface area contributed by atoms with Crippen LogP contribution in [-0.4, -0.2) is 111 Å². The van der Waals surface area contributed by atoms with Crippen LogP contribution in [0.3, 0.4) is 0 Å². The van der Waals surface area contributed by atoms with Crippen molar-refractivity contribution in [1.29, 1.82) is 0 Å². The van der Waals surface area contributed by atoms with Gasteiger partial charge in [0.2, 0.25) is 5.91 Å². The zero-order chi connectivity index (χ0) is 42.7. The Morgan fingerprint density at radius 3 is 1.95 bits per heavy atom. The summed E-state index contributed by atoms with van der Waals surface area (Å²) in [6.07, 6.45) is 10.1. The molecule has 0 aliphatic carbocycles. The Labute approximate surface area is 352 Å². The molecule has 0 radical (unpaired) electrons. The van der Waals surface area contributed by atoms with Crippen LogP contribution in [0.25, 0.3) is 0 Å². The molecule has 1 fully saturated rings. The van der Waals surface area contributed by atoms with E-state index in [-0.39, 0.29) is 24.7 Å². The molecule has 2 aromatic rings. The minimum atomic E-state index is -1.63. The first-order chi connectivity index (χ1) is 28.7. The summed E-state index contributed by atoms with van der Waals surface area (Å²) in [7, 11) is 0. The average molecular weight is 830 g/mol. The molecule has 1 aliphatic rings. The molecule has 3 rings (SSSR count). The Kier molecular flexibility index (Phi) is 26.0. The lowest BCUT2D eigenvalue weighted by Crippen LogP contribution is -2.60. The molecular formula is C47H75NO11. The summed E-state index contributed by atoms with van der Waals surface area (Å²) in [6.45, 7) is 2.31. The number of unbranched alkanes of at least 4 members (excludes halogenated alkanes) is 16. The highest BCUT2D eigenvalue weighted by molar-refractivity contribution is 6.09. The second-order valence-corrected chi connectivity index (χ2v) is 16.3. The number of amides is 1. The van der Waals surface area contributed by atoms with Crippen LogP contribution in [0.4, 0.5) is 0 Å². The molecule has 12 heteroatoms. The fourth-order valence-corrected chi connectivity index (χ4v) is 7.49. The van der Waals surface area contributed by atoms with Gasteiger partial charge >= 0.3 is 0 Å². The van der Waals surface area contributed by atoms with Gasteiger partial charge in [0, 0.05) is 24.2 Å². The fourth-order valence-electron chi connectivity index (χ4n) is 7.49. The topological polar surface area (TPSA) is 195 Å². The Morgan fingerprint density at radius 2 is 1.31 bits per heavy atom. The van der Waals surface area contributed by atoms with Gasteiger partial charge in [0.25, 0.3) is 0 Å². The third-order valence-electron chi connectivity index (χ3n) is 11.2. The smallest absolute Gasteiger partial charge is 0.220 e. The Bertz CT molecular complexity index is 1400. The molecule has 12 nitrogen and oxygen atoms in total. The molecule has 1 amide bonds. The van der Waals surface area contributed by atoms with Crippen molar-refractivity contribution in [2.24, 2.45) is 0 Å². The van der Waals surface area contributed by atoms with Gasteiger partial charge in [-0.25, -0.2) is 0 Å². The normalized spacial score (nSPS) is 20.9. The van der Waals surface area contributed by atoms with Crippen LogP contribution in [-0.2, 0) is 25.6 Å². The third-order valence-corrected chi connectivity index (χ3v) is 11.2. The van der Waals surface area contributed by atoms with Crippen molar-refractivity contribution >= 4 is 11.7 Å². The summed E-state index contributed by atoms with van der Waals surface area (Å²) in [5.74, 6) is -0.325. The van der Waals surface area contributed by atoms with Crippen molar-refractivity contribution in [3.05, 3.63) is 71.3 Å². The highest BCUT2D eigenvalue weighted by Crippen LogP contribution is 2.23. The first-order valence-electron chi connectivity index (χ1n) is 22.5. The molecule has 7 N–H and O–H groups in total. The van der Waals surface area contributed by atoms with Gasteiger partial charge in [-0.15, -0.1) is 0 Å². The van der Waals surface area contributed by atoms with Crippen molar-refractivity contribution in [3.63, 3.8) is 0 Å². The molecule has 334 valence electrons. The van der Waals surface area contributed by atoms with E-state index < -0.39 is 55.6 Å². The van der Waals surface area contributed by atoms with Crippen molar-refractivity contribution in [1.82, 2.24) is 5.32 Å². The molecule has 5 unspecified atom stereocenters. The predicted octanol–water partition coefficient (Wildman–Crippen LogP) is 6.28. The van der Waals surface area contributed by atoms with Crippen LogP contribution in [0.15, 0.2) is 54.6 Å². The zero-order valence-corrected chi connectivity index (χ0v) is 35.5. The number of hydrogen-bond donors (Lipinski definition) is 7. The van der Waals surface area contributed by atoms with Gasteiger partial charge in [0.05, 0.1) is 32.0 Å². The molecule has 59 heavy (non-hydrogen) atoms. The van der Waals surface area contributed by atoms with E-state index >= 15 is 0 Å². The van der Waals surface area contributed by atoms with E-state index in [1.807, 2.05) is 54.6 Å². The molecule has 0 spiro atoms. The summed E-state index contributed by atoms with van der Waals surface area (Å²) in [5.41, 5.74) is 2.25. The zero-order valence-electron chi connectivity index (χ0n) is 35.5. The van der Waals surface area contributed by atoms with Crippen LogP contribution in [0, 0.1) is 0 Å². The van der Waals surface area contributed by atoms with Crippen molar-refractivity contribution in [3.8, 4) is 0 Å². The van der Waals surface area contributed by atoms with E-state index in [9.17, 15) is 40.2 Å². The molecule has 8 atom stereocenters. The summed E-state index contributed by atoms with van der Waals surface area (Å²) < 4.78 is 17.0. The number of ether oxygens (including phenoxy) is 3. The average Bonchev–Trinajstić information content (AvgIpc) is 3.25. The van der Waals surface area contributed by atoms with Crippen molar-refractivity contribution < 1.29 is 54.4 Å². The number of aliphatic hydroxyl groups is 6. The Hall–Kier alpha value is -2.78. The van der Waals surface area contributed by atoms with Gasteiger partial charge in [-0.3, -0.25) is 9.59 Å². The lowest BCUT2D eigenvalue weighted by atomic mass is 9.98. The summed E-state index contributed by atoms with van der Waals surface area (Å²) in [5, 5.41) is 65.2. The van der Waals surface area contributed by atoms with Gasteiger partial charge in [0.1, 0.15) is 30.5 Å². The number of aliphatic hydroxyl groups excluding tert-OH is 6. The predicted molar refractivity (Wildman–Crippen MR) is 228 cm³/mol. The second kappa shape index (κ2) is 30.3. The summed E-state index contributed by atoms with van der Waals surface area (Å²) in [4.78, 5) is 25.8. The lowest BCUT2D eigenvalue weighted by Gasteiger charge is -2.40. The molecular weight excluding hydrogens is 755 g/mol. The maximum absolute atomic E-state index is 13.0. The number of carbonyl (C=O) groups excluding carboxylic acids is 2. The van der Waals surface area contributed by atoms with Gasteiger partial charge in [-0.05, 0) is 30.9 Å². The Morgan fingerprint density at radius 1 is 0.712 bits per heavy atom. The largest absolute Gasteiger partial charge is 0.394 e. The quantitative estimate of drug-likeness (QED) is 0.0316. The highest BCUT2D eigenvalue weighted by Gasteiger charge is 2.44. The molecule has 0 saturated carbocycles. The summed E-state index contributed by atoms with van der Waals surface area (Å²) >= 11 is 0. The van der Waals surface area contributed by atoms with Gasteiger partial charge < -0.3 is 50.2 Å². The SMILES string of the molecule is CCCCCCCCCCCCCC[C@@H](O)[C@@H](O)[C@H](COC1OC(CO)C(O)C(O)C1O)NC(=O)CCCCCCCCOCc1cccc(C(=O)c2ccccc2)c1. The molecule has 0 bridgehead atoms. The van der Waals surface area contributed by atoms with E-state index in [1.54, 1.807) is 0 Å². The van der Waals surface area contributed by atoms with Gasteiger partial charge in [-0.2, -0.15) is 0 Å². The van der Waals surface area contributed by atoms with Crippen LogP contribution in [0.5, 0.6) is 0 Å². The second-order valence-electron chi connectivity index (χ2n) is 16.3. The van der Waals surface area contributed by atoms with E-state index in [0.717, 1.165) is 63.4 Å². The number of nitrogens with one attached hydrogen (secondary N) is 1. The first-order valence-corrected chi connectivity index (χ1v) is 22.5. The number of carbonyl (C=O) groups is 2. The molecule has 0 aromatic heterocycles. The van der Waals surface area contributed by atoms with Gasteiger partial charge in [0.15, 0.2) is 12.1 Å². The molecule has 2 aromatic carbocycles. The molecule has 1 aliphatic heterocycles. The van der Waals surface area contributed by atoms with Crippen LogP contribution in [0.1, 0.15) is 157 Å². The van der Waals surface area contributed by atoms with E-state index in [2.05, 4.69) is 12.2 Å². The van der Waals surface area contributed by atoms with Crippen LogP contribution in [0.2, 0.25) is 0 Å². The maximum Gasteiger partial charge on any atom is 0.220 e. The van der Waals surface area contributed by atoms with E-state index in [1.165, 1.54) is 51.4 Å². The molecule has 1 saturated heterocycles. The minimum Gasteiger partial charge on any atom is -0.394 e. The monoisotopic (exact) mass is 830 g/mol. The summed E-state index contributed by atoms with van der Waals surface area (Å²) in [6, 6.07) is 15.7. The fraction of sp³-hybridized carbons (Fsp3) is 0.702. The van der Waals surface area contributed by atoms with E-state index in [4.69, 9.17) is 14.2 Å². The van der Waals surface area contributed by atoms with Crippen LogP contribution < -0.4 is 5.32 Å². The van der Waals surface area contributed by atoms with Crippen molar-refractivity contribution in [2.45, 2.75) is 191 Å². The lowest BCUT2D eigenvalue weighted by molar-refractivity contribution is -0.303. The number of hydrogen-bond acceptors (Lipinski definition) is 11. The molecule has 1 heterocycles. The van der Waals surface area contributed by atoms with Crippen LogP contribution >= 0.6 is 0 Å². The third kappa shape index (κ3) is 19.6. The Balaban J connectivity index is 1.34.